The molecule has 9 rings (SSSR count). The lowest BCUT2D eigenvalue weighted by atomic mass is 9.80. The van der Waals surface area contributed by atoms with Gasteiger partial charge in [0.05, 0.1) is 16.7 Å². The molecular formula is C60H63N5O. The van der Waals surface area contributed by atoms with Crippen LogP contribution in [0, 0.1) is 13.3 Å². The molecule has 0 N–H and O–H groups in total. The quantitative estimate of drug-likeness (QED) is 0.118. The van der Waals surface area contributed by atoms with Crippen LogP contribution in [0.1, 0.15) is 111 Å². The Labute approximate surface area is 391 Å². The van der Waals surface area contributed by atoms with E-state index in [1.165, 1.54) is 22.1 Å². The monoisotopic (exact) mass is 870 g/mol. The number of benzene rings is 6. The summed E-state index contributed by atoms with van der Waals surface area (Å²) in [6.45, 7) is 29.3. The van der Waals surface area contributed by atoms with Gasteiger partial charge in [-0.1, -0.05) is 174 Å². The van der Waals surface area contributed by atoms with Gasteiger partial charge in [0.15, 0.2) is 0 Å². The van der Waals surface area contributed by atoms with Crippen LogP contribution in [-0.2, 0) is 21.7 Å². The number of aromatic nitrogens is 5. The Morgan fingerprint density at radius 3 is 1.85 bits per heavy atom. The summed E-state index contributed by atoms with van der Waals surface area (Å²) in [4.78, 5) is 4.91. The van der Waals surface area contributed by atoms with Gasteiger partial charge in [-0.05, 0) is 115 Å². The van der Waals surface area contributed by atoms with E-state index in [1.807, 2.05) is 10.9 Å². The molecule has 0 aliphatic heterocycles. The molecule has 0 saturated heterocycles. The normalized spacial score (nSPS) is 12.6. The number of fused-ring (bicyclic) bond motifs is 3. The minimum atomic E-state index is -0.195. The molecule has 0 radical (unpaired) electrons. The zero-order valence-corrected chi connectivity index (χ0v) is 41.0. The van der Waals surface area contributed by atoms with Crippen molar-refractivity contribution in [3.8, 4) is 51.2 Å². The molecule has 6 aromatic carbocycles. The Hall–Kier alpha value is -6.79. The Morgan fingerprint density at radius 1 is 0.530 bits per heavy atom. The van der Waals surface area contributed by atoms with Crippen molar-refractivity contribution in [2.45, 2.75) is 112 Å². The second kappa shape index (κ2) is 16.3. The fourth-order valence-electron chi connectivity index (χ4n) is 8.79. The molecule has 6 nitrogen and oxygen atoms in total. The molecule has 0 aliphatic carbocycles. The van der Waals surface area contributed by atoms with Crippen LogP contribution in [0.2, 0.25) is 0 Å². The van der Waals surface area contributed by atoms with Gasteiger partial charge in [0.1, 0.15) is 17.3 Å². The summed E-state index contributed by atoms with van der Waals surface area (Å²) in [5.41, 5.74) is 12.9. The first-order chi connectivity index (χ1) is 31.1. The molecule has 3 aromatic heterocycles. The van der Waals surface area contributed by atoms with Crippen LogP contribution in [0.25, 0.3) is 61.5 Å². The molecule has 9 aromatic rings. The van der Waals surface area contributed by atoms with Gasteiger partial charge in [0, 0.05) is 34.3 Å². The lowest BCUT2D eigenvalue weighted by Crippen LogP contribution is -2.33. The zero-order valence-electron chi connectivity index (χ0n) is 41.0. The number of ether oxygens (including phenoxy) is 1. The number of para-hydroxylation sites is 1. The highest BCUT2D eigenvalue weighted by molar-refractivity contribution is 6.09. The van der Waals surface area contributed by atoms with E-state index in [0.29, 0.717) is 0 Å². The molecule has 0 unspecified atom stereocenters. The Balaban J connectivity index is 1.23. The predicted octanol–water partition coefficient (Wildman–Crippen LogP) is 15.1. The number of nitrogens with zero attached hydrogens (tertiary/aromatic N) is 5. The van der Waals surface area contributed by atoms with E-state index in [1.54, 1.807) is 0 Å². The maximum atomic E-state index is 6.96. The number of aryl methyl sites for hydroxylation is 1. The fourth-order valence-corrected chi connectivity index (χ4v) is 8.79. The first-order valence-electron chi connectivity index (χ1n) is 23.2. The molecule has 0 aliphatic rings. The van der Waals surface area contributed by atoms with Gasteiger partial charge in [-0.2, -0.15) is 4.68 Å². The summed E-state index contributed by atoms with van der Waals surface area (Å²) in [6.07, 6.45) is 5.70. The SMILES string of the molecule is Cc1cccc(-c2ccccc2)c1-c1nn(-c2cc(Oc3ccc4c5ccccc5n(-c5cc(C(C)(C)C)ccn5)c4c3)cc(C(C)(C)C)c2)[c-][n+]1-c1cc(C(C)(C)C)cc(C(C)(C)C)c1. The van der Waals surface area contributed by atoms with Crippen molar-refractivity contribution in [1.29, 1.82) is 0 Å². The van der Waals surface area contributed by atoms with Crippen molar-refractivity contribution in [2.24, 2.45) is 0 Å². The summed E-state index contributed by atoms with van der Waals surface area (Å²) in [7, 11) is 0. The lowest BCUT2D eigenvalue weighted by molar-refractivity contribution is -0.589. The summed E-state index contributed by atoms with van der Waals surface area (Å²) in [6, 6.07) is 49.9. The zero-order chi connectivity index (χ0) is 46.9. The van der Waals surface area contributed by atoms with Crippen molar-refractivity contribution in [1.82, 2.24) is 19.3 Å². The van der Waals surface area contributed by atoms with Gasteiger partial charge in [0.2, 0.25) is 12.2 Å². The van der Waals surface area contributed by atoms with E-state index in [2.05, 4.69) is 245 Å². The topological polar surface area (TPSA) is 48.8 Å². The van der Waals surface area contributed by atoms with Crippen molar-refractivity contribution in [3.05, 3.63) is 180 Å². The van der Waals surface area contributed by atoms with E-state index in [4.69, 9.17) is 14.8 Å². The van der Waals surface area contributed by atoms with Crippen LogP contribution >= 0.6 is 0 Å². The van der Waals surface area contributed by atoms with Crippen LogP contribution in [0.15, 0.2) is 146 Å². The Kier molecular flexibility index (Phi) is 10.9. The third-order valence-corrected chi connectivity index (χ3v) is 12.8. The third kappa shape index (κ3) is 8.57. The molecule has 0 amide bonds. The van der Waals surface area contributed by atoms with E-state index in [0.717, 1.165) is 78.8 Å². The van der Waals surface area contributed by atoms with Gasteiger partial charge >= 0.3 is 0 Å². The molecule has 0 saturated carbocycles. The Bertz CT molecular complexity index is 3240. The Morgan fingerprint density at radius 2 is 1.17 bits per heavy atom. The van der Waals surface area contributed by atoms with Gasteiger partial charge in [-0.3, -0.25) is 4.57 Å². The molecule has 3 heterocycles. The summed E-state index contributed by atoms with van der Waals surface area (Å²) >= 11 is 0. The van der Waals surface area contributed by atoms with E-state index in [9.17, 15) is 0 Å². The average molecular weight is 870 g/mol. The second-order valence-electron chi connectivity index (χ2n) is 22.1. The summed E-state index contributed by atoms with van der Waals surface area (Å²) in [5.74, 6) is 3.14. The summed E-state index contributed by atoms with van der Waals surface area (Å²) < 4.78 is 13.3. The minimum Gasteiger partial charge on any atom is -0.458 e. The van der Waals surface area contributed by atoms with E-state index >= 15 is 0 Å². The second-order valence-corrected chi connectivity index (χ2v) is 22.1. The number of rotatable bonds is 7. The molecule has 6 heteroatoms. The third-order valence-electron chi connectivity index (χ3n) is 12.8. The van der Waals surface area contributed by atoms with Crippen molar-refractivity contribution in [3.63, 3.8) is 0 Å². The van der Waals surface area contributed by atoms with Crippen molar-refractivity contribution < 1.29 is 9.30 Å². The first-order valence-corrected chi connectivity index (χ1v) is 23.2. The minimum absolute atomic E-state index is 0.0253. The smallest absolute Gasteiger partial charge is 0.232 e. The van der Waals surface area contributed by atoms with Gasteiger partial charge in [-0.15, -0.1) is 0 Å². The van der Waals surface area contributed by atoms with E-state index in [-0.39, 0.29) is 21.7 Å². The van der Waals surface area contributed by atoms with Gasteiger partial charge < -0.3 is 9.30 Å². The molecule has 0 fully saturated rings. The molecule has 0 atom stereocenters. The largest absolute Gasteiger partial charge is 0.458 e. The molecule has 66 heavy (non-hydrogen) atoms. The number of pyridine rings is 1. The number of hydrogen-bond donors (Lipinski definition) is 0. The van der Waals surface area contributed by atoms with E-state index < -0.39 is 0 Å². The molecule has 0 spiro atoms. The predicted molar refractivity (Wildman–Crippen MR) is 273 cm³/mol. The highest BCUT2D eigenvalue weighted by atomic mass is 16.5. The van der Waals surface area contributed by atoms with Crippen molar-refractivity contribution in [2.75, 3.05) is 0 Å². The number of hydrogen-bond acceptors (Lipinski definition) is 3. The maximum absolute atomic E-state index is 6.96. The highest BCUT2D eigenvalue weighted by Crippen LogP contribution is 2.39. The van der Waals surface area contributed by atoms with Crippen LogP contribution in [0.4, 0.5) is 0 Å². The molecular weight excluding hydrogens is 807 g/mol. The highest BCUT2D eigenvalue weighted by Gasteiger charge is 2.26. The average Bonchev–Trinajstić information content (AvgIpc) is 3.85. The van der Waals surface area contributed by atoms with Crippen LogP contribution in [0.3, 0.4) is 0 Å². The fraction of sp³-hybridized carbons (Fsp3) is 0.283. The maximum Gasteiger partial charge on any atom is 0.232 e. The standard InChI is InChI=1S/C60H63N5O/c1-39-20-19-24-49(40-21-15-14-16-22-40)55(39)56-62-64(38-63(56)45-31-42(58(5,6)7)30-43(32-45)59(8,9)10)46-33-44(60(11,12)13)34-48(36-46)66-47-26-27-51-50-23-17-18-25-52(50)65(53(51)37-47)54-35-41(28-29-61-54)57(2,3)4/h14-37H,1-13H3. The molecule has 334 valence electrons. The van der Waals surface area contributed by atoms with Crippen LogP contribution < -0.4 is 9.30 Å². The molecule has 0 bridgehead atoms. The van der Waals surface area contributed by atoms with Crippen molar-refractivity contribution >= 4 is 21.8 Å². The summed E-state index contributed by atoms with van der Waals surface area (Å²) in [5, 5.41) is 7.84. The van der Waals surface area contributed by atoms with Gasteiger partial charge in [0.25, 0.3) is 0 Å². The first kappa shape index (κ1) is 44.4. The lowest BCUT2D eigenvalue weighted by Gasteiger charge is -2.27. The van der Waals surface area contributed by atoms with Crippen LogP contribution in [0.5, 0.6) is 11.5 Å². The van der Waals surface area contributed by atoms with Gasteiger partial charge in [-0.25, -0.2) is 4.98 Å². The van der Waals surface area contributed by atoms with Crippen LogP contribution in [-0.4, -0.2) is 19.3 Å².